The number of ether oxygens (including phenoxy) is 1. The average molecular weight is 338 g/mol. The summed E-state index contributed by atoms with van der Waals surface area (Å²) < 4.78 is 19.7. The molecular formula is C16H17BrFNO. The van der Waals surface area contributed by atoms with Crippen molar-refractivity contribution in [1.29, 1.82) is 0 Å². The molecule has 2 aromatic rings. The molecule has 0 spiro atoms. The number of halogens is 2. The van der Waals surface area contributed by atoms with E-state index < -0.39 is 0 Å². The number of benzene rings is 2. The Morgan fingerprint density at radius 3 is 2.55 bits per heavy atom. The van der Waals surface area contributed by atoms with Gasteiger partial charge in [-0.2, -0.15) is 0 Å². The molecule has 0 aliphatic rings. The first kappa shape index (κ1) is 15.0. The van der Waals surface area contributed by atoms with E-state index in [0.29, 0.717) is 17.5 Å². The first-order valence-corrected chi connectivity index (χ1v) is 7.29. The molecule has 0 aliphatic carbocycles. The molecule has 0 fully saturated rings. The van der Waals surface area contributed by atoms with Gasteiger partial charge in [-0.3, -0.25) is 0 Å². The summed E-state index contributed by atoms with van der Waals surface area (Å²) in [6, 6.07) is 12.3. The highest BCUT2D eigenvalue weighted by atomic mass is 79.9. The van der Waals surface area contributed by atoms with Crippen LogP contribution in [0.2, 0.25) is 0 Å². The predicted molar refractivity (Wildman–Crippen MR) is 82.6 cm³/mol. The normalized spacial score (nSPS) is 10.8. The molecule has 2 aromatic carbocycles. The summed E-state index contributed by atoms with van der Waals surface area (Å²) in [5, 5.41) is 3.36. The van der Waals surface area contributed by atoms with E-state index >= 15 is 0 Å². The Hall–Kier alpha value is -1.39. The van der Waals surface area contributed by atoms with Gasteiger partial charge >= 0.3 is 0 Å². The second kappa shape index (κ2) is 6.86. The molecule has 4 heteroatoms. The third kappa shape index (κ3) is 4.32. The van der Waals surface area contributed by atoms with Gasteiger partial charge in [-0.05, 0) is 29.8 Å². The lowest BCUT2D eigenvalue weighted by molar-refractivity contribution is 0.476. The van der Waals surface area contributed by atoms with Crippen molar-refractivity contribution in [3.63, 3.8) is 0 Å². The predicted octanol–water partition coefficient (Wildman–Crippen LogP) is 4.88. The topological polar surface area (TPSA) is 21.3 Å². The van der Waals surface area contributed by atoms with Crippen molar-refractivity contribution in [2.45, 2.75) is 26.4 Å². The van der Waals surface area contributed by atoms with Crippen LogP contribution in [-0.2, 0) is 6.54 Å². The minimum absolute atomic E-state index is 0.306. The second-order valence-corrected chi connectivity index (χ2v) is 5.70. The molecule has 0 aliphatic heterocycles. The molecule has 0 aromatic heterocycles. The van der Waals surface area contributed by atoms with Crippen LogP contribution in [0.5, 0.6) is 11.5 Å². The summed E-state index contributed by atoms with van der Waals surface area (Å²) in [6.45, 7) is 5.00. The maximum absolute atomic E-state index is 13.1. The van der Waals surface area contributed by atoms with Gasteiger partial charge < -0.3 is 10.1 Å². The summed E-state index contributed by atoms with van der Waals surface area (Å²) >= 11 is 3.53. The first-order valence-electron chi connectivity index (χ1n) is 6.50. The van der Waals surface area contributed by atoms with Crippen molar-refractivity contribution in [2.75, 3.05) is 0 Å². The number of rotatable bonds is 5. The van der Waals surface area contributed by atoms with Gasteiger partial charge in [0, 0.05) is 23.1 Å². The molecular weight excluding hydrogens is 321 g/mol. The van der Waals surface area contributed by atoms with Gasteiger partial charge in [-0.15, -0.1) is 0 Å². The molecule has 0 atom stereocenters. The molecule has 0 bridgehead atoms. The fourth-order valence-corrected chi connectivity index (χ4v) is 2.21. The lowest BCUT2D eigenvalue weighted by Gasteiger charge is -2.11. The van der Waals surface area contributed by atoms with Crippen molar-refractivity contribution < 1.29 is 9.13 Å². The van der Waals surface area contributed by atoms with Gasteiger partial charge in [-0.25, -0.2) is 4.39 Å². The van der Waals surface area contributed by atoms with Crippen molar-refractivity contribution >= 4 is 15.9 Å². The van der Waals surface area contributed by atoms with Crippen molar-refractivity contribution in [3.05, 3.63) is 58.3 Å². The van der Waals surface area contributed by atoms with E-state index in [9.17, 15) is 4.39 Å². The zero-order valence-corrected chi connectivity index (χ0v) is 13.1. The Morgan fingerprint density at radius 1 is 1.15 bits per heavy atom. The summed E-state index contributed by atoms with van der Waals surface area (Å²) in [5.74, 6) is 0.861. The van der Waals surface area contributed by atoms with E-state index in [2.05, 4.69) is 35.1 Å². The van der Waals surface area contributed by atoms with Crippen LogP contribution in [0.15, 0.2) is 46.9 Å². The summed E-state index contributed by atoms with van der Waals surface area (Å²) in [4.78, 5) is 0. The monoisotopic (exact) mass is 337 g/mol. The fourth-order valence-electron chi connectivity index (χ4n) is 1.72. The molecule has 1 N–H and O–H groups in total. The average Bonchev–Trinajstić information content (AvgIpc) is 2.37. The molecule has 2 rings (SSSR count). The van der Waals surface area contributed by atoms with E-state index in [1.807, 2.05) is 18.2 Å². The minimum Gasteiger partial charge on any atom is -0.457 e. The van der Waals surface area contributed by atoms with Crippen molar-refractivity contribution in [3.8, 4) is 11.5 Å². The lowest BCUT2D eigenvalue weighted by atomic mass is 10.2. The van der Waals surface area contributed by atoms with E-state index in [0.717, 1.165) is 16.6 Å². The summed E-state index contributed by atoms with van der Waals surface area (Å²) in [7, 11) is 0. The Balaban J connectivity index is 2.09. The van der Waals surface area contributed by atoms with Crippen LogP contribution < -0.4 is 10.1 Å². The lowest BCUT2D eigenvalue weighted by Crippen LogP contribution is -2.21. The molecule has 0 amide bonds. The fraction of sp³-hybridized carbons (Fsp3) is 0.250. The smallest absolute Gasteiger partial charge is 0.130 e. The molecule has 106 valence electrons. The zero-order chi connectivity index (χ0) is 14.5. The van der Waals surface area contributed by atoms with Crippen LogP contribution in [-0.4, -0.2) is 6.04 Å². The highest BCUT2D eigenvalue weighted by Gasteiger charge is 2.04. The second-order valence-electron chi connectivity index (χ2n) is 4.85. The highest BCUT2D eigenvalue weighted by Crippen LogP contribution is 2.27. The van der Waals surface area contributed by atoms with Gasteiger partial charge in [0.05, 0.1) is 0 Å². The van der Waals surface area contributed by atoms with E-state index in [4.69, 9.17) is 4.74 Å². The molecule has 0 unspecified atom stereocenters. The largest absolute Gasteiger partial charge is 0.457 e. The van der Waals surface area contributed by atoms with Crippen LogP contribution in [0.25, 0.3) is 0 Å². The zero-order valence-electron chi connectivity index (χ0n) is 11.5. The van der Waals surface area contributed by atoms with Crippen LogP contribution in [0.1, 0.15) is 19.4 Å². The SMILES string of the molecule is CC(C)NCc1ccc(Oc2cccc(F)c2)cc1Br. The highest BCUT2D eigenvalue weighted by molar-refractivity contribution is 9.10. The van der Waals surface area contributed by atoms with Crippen LogP contribution in [0, 0.1) is 5.82 Å². The minimum atomic E-state index is -0.306. The Labute approximate surface area is 127 Å². The van der Waals surface area contributed by atoms with Gasteiger partial charge in [0.25, 0.3) is 0 Å². The van der Waals surface area contributed by atoms with Crippen LogP contribution >= 0.6 is 15.9 Å². The number of hydrogen-bond acceptors (Lipinski definition) is 2. The molecule has 0 radical (unpaired) electrons. The summed E-state index contributed by atoms with van der Waals surface area (Å²) in [5.41, 5.74) is 1.16. The standard InChI is InChI=1S/C16H17BrFNO/c1-11(2)19-10-12-6-7-15(9-16(12)17)20-14-5-3-4-13(18)8-14/h3-9,11,19H,10H2,1-2H3. The van der Waals surface area contributed by atoms with Crippen LogP contribution in [0.3, 0.4) is 0 Å². The van der Waals surface area contributed by atoms with E-state index in [1.54, 1.807) is 12.1 Å². The Bertz CT molecular complexity index is 586. The van der Waals surface area contributed by atoms with Gasteiger partial charge in [-0.1, -0.05) is 41.9 Å². The molecule has 20 heavy (non-hydrogen) atoms. The molecule has 0 saturated heterocycles. The van der Waals surface area contributed by atoms with E-state index in [1.165, 1.54) is 12.1 Å². The van der Waals surface area contributed by atoms with Crippen molar-refractivity contribution in [1.82, 2.24) is 5.32 Å². The van der Waals surface area contributed by atoms with Gasteiger partial charge in [0.2, 0.25) is 0 Å². The van der Waals surface area contributed by atoms with Crippen molar-refractivity contribution in [2.24, 2.45) is 0 Å². The van der Waals surface area contributed by atoms with E-state index in [-0.39, 0.29) is 5.82 Å². The maximum atomic E-state index is 13.1. The third-order valence-electron chi connectivity index (χ3n) is 2.76. The molecule has 0 saturated carbocycles. The maximum Gasteiger partial charge on any atom is 0.130 e. The quantitative estimate of drug-likeness (QED) is 0.839. The van der Waals surface area contributed by atoms with Crippen LogP contribution in [0.4, 0.5) is 4.39 Å². The Kier molecular flexibility index (Phi) is 5.15. The molecule has 2 nitrogen and oxygen atoms in total. The first-order chi connectivity index (χ1) is 9.54. The van der Waals surface area contributed by atoms with Gasteiger partial charge in [0.1, 0.15) is 17.3 Å². The Morgan fingerprint density at radius 2 is 1.90 bits per heavy atom. The molecule has 0 heterocycles. The third-order valence-corrected chi connectivity index (χ3v) is 3.50. The van der Waals surface area contributed by atoms with Gasteiger partial charge in [0.15, 0.2) is 0 Å². The number of hydrogen-bond donors (Lipinski definition) is 1. The summed E-state index contributed by atoms with van der Waals surface area (Å²) in [6.07, 6.45) is 0. The number of nitrogens with one attached hydrogen (secondary N) is 1.